The molecular weight excluding hydrogens is 156 g/mol. The summed E-state index contributed by atoms with van der Waals surface area (Å²) < 4.78 is 0. The van der Waals surface area contributed by atoms with E-state index in [2.05, 4.69) is 10.6 Å². The van der Waals surface area contributed by atoms with E-state index in [1.807, 2.05) is 6.07 Å². The number of carbonyl (C=O) groups is 1. The molecule has 1 aliphatic rings. The number of nitrogens with one attached hydrogen (secondary N) is 2. The van der Waals surface area contributed by atoms with E-state index in [9.17, 15) is 4.79 Å². The monoisotopic (exact) mass is 168 g/mol. The number of carbonyl (C=O) groups excluding carboxylic acids is 1. The summed E-state index contributed by atoms with van der Waals surface area (Å²) >= 11 is 0. The Bertz CT molecular complexity index is 192. The predicted octanol–water partition coefficient (Wildman–Crippen LogP) is -0.875. The predicted molar refractivity (Wildman–Crippen MR) is 43.5 cm³/mol. The van der Waals surface area contributed by atoms with Crippen LogP contribution < -0.4 is 10.6 Å². The van der Waals surface area contributed by atoms with Crippen molar-refractivity contribution in [2.24, 2.45) is 0 Å². The molecule has 0 saturated carbocycles. The van der Waals surface area contributed by atoms with Gasteiger partial charge in [0.15, 0.2) is 0 Å². The maximum Gasteiger partial charge on any atom is 0.318 e. The first-order valence-corrected chi connectivity index (χ1v) is 3.95. The van der Waals surface area contributed by atoms with Crippen molar-refractivity contribution in [3.63, 3.8) is 0 Å². The fourth-order valence-corrected chi connectivity index (χ4v) is 1.09. The van der Waals surface area contributed by atoms with Gasteiger partial charge in [-0.15, -0.1) is 0 Å². The summed E-state index contributed by atoms with van der Waals surface area (Å²) in [5.41, 5.74) is 0. The molecule has 2 N–H and O–H groups in total. The number of nitrogens with zero attached hydrogens (tertiary/aromatic N) is 2. The lowest BCUT2D eigenvalue weighted by atomic mass is 10.4. The molecule has 66 valence electrons. The summed E-state index contributed by atoms with van der Waals surface area (Å²) in [4.78, 5) is 12.9. The van der Waals surface area contributed by atoms with Gasteiger partial charge in [-0.25, -0.2) is 4.79 Å². The zero-order chi connectivity index (χ0) is 8.81. The summed E-state index contributed by atoms with van der Waals surface area (Å²) in [6.07, 6.45) is 0. The van der Waals surface area contributed by atoms with Crippen LogP contribution in [0.25, 0.3) is 0 Å². The first-order chi connectivity index (χ1) is 5.84. The largest absolute Gasteiger partial charge is 0.325 e. The number of urea groups is 1. The zero-order valence-electron chi connectivity index (χ0n) is 6.84. The summed E-state index contributed by atoms with van der Waals surface area (Å²) in [6, 6.07) is 1.72. The Morgan fingerprint density at radius 3 is 2.83 bits per heavy atom. The number of amides is 2. The second kappa shape index (κ2) is 4.57. The van der Waals surface area contributed by atoms with Gasteiger partial charge in [0.2, 0.25) is 0 Å². The van der Waals surface area contributed by atoms with Gasteiger partial charge in [0.1, 0.15) is 6.54 Å². The highest BCUT2D eigenvalue weighted by molar-refractivity contribution is 5.74. The average Bonchev–Trinajstić information content (AvgIpc) is 2.15. The third-order valence-electron chi connectivity index (χ3n) is 1.72. The lowest BCUT2D eigenvalue weighted by Crippen LogP contribution is -2.50. The van der Waals surface area contributed by atoms with E-state index >= 15 is 0 Å². The first-order valence-electron chi connectivity index (χ1n) is 3.95. The van der Waals surface area contributed by atoms with E-state index < -0.39 is 0 Å². The van der Waals surface area contributed by atoms with Gasteiger partial charge in [-0.05, 0) is 0 Å². The third kappa shape index (κ3) is 2.40. The van der Waals surface area contributed by atoms with Gasteiger partial charge in [0.25, 0.3) is 0 Å². The third-order valence-corrected chi connectivity index (χ3v) is 1.72. The minimum absolute atomic E-state index is 0.0861. The van der Waals surface area contributed by atoms with Crippen LogP contribution in [0, 0.1) is 11.3 Å². The highest BCUT2D eigenvalue weighted by atomic mass is 16.2. The van der Waals surface area contributed by atoms with Gasteiger partial charge in [-0.1, -0.05) is 0 Å². The average molecular weight is 168 g/mol. The molecule has 0 atom stereocenters. The molecule has 0 aromatic carbocycles. The van der Waals surface area contributed by atoms with Crippen LogP contribution in [0.2, 0.25) is 0 Å². The Hall–Kier alpha value is -1.28. The Morgan fingerprint density at radius 1 is 1.58 bits per heavy atom. The van der Waals surface area contributed by atoms with Crippen LogP contribution in [-0.2, 0) is 0 Å². The maximum atomic E-state index is 11.2. The van der Waals surface area contributed by atoms with E-state index in [-0.39, 0.29) is 12.6 Å². The van der Waals surface area contributed by atoms with Gasteiger partial charge in [0, 0.05) is 26.2 Å². The molecule has 0 radical (unpaired) electrons. The number of hydrogen-bond donors (Lipinski definition) is 2. The molecule has 1 saturated heterocycles. The topological polar surface area (TPSA) is 68.2 Å². The first kappa shape index (κ1) is 8.81. The Morgan fingerprint density at radius 2 is 2.25 bits per heavy atom. The van der Waals surface area contributed by atoms with Crippen LogP contribution in [0.4, 0.5) is 4.79 Å². The molecule has 2 amide bonds. The van der Waals surface area contributed by atoms with Crippen molar-refractivity contribution in [1.29, 1.82) is 5.26 Å². The molecule has 0 spiro atoms. The number of piperazine rings is 1. The normalized spacial score (nSPS) is 16.8. The fraction of sp³-hybridized carbons (Fsp3) is 0.714. The van der Waals surface area contributed by atoms with Crippen LogP contribution in [0.3, 0.4) is 0 Å². The van der Waals surface area contributed by atoms with Crippen LogP contribution >= 0.6 is 0 Å². The van der Waals surface area contributed by atoms with Crippen molar-refractivity contribution < 1.29 is 4.79 Å². The molecule has 0 bridgehead atoms. The Balaban J connectivity index is 2.26. The van der Waals surface area contributed by atoms with E-state index in [0.717, 1.165) is 26.2 Å². The smallest absolute Gasteiger partial charge is 0.318 e. The molecule has 0 unspecified atom stereocenters. The van der Waals surface area contributed by atoms with Crippen molar-refractivity contribution in [2.75, 3.05) is 32.7 Å². The van der Waals surface area contributed by atoms with Crippen LogP contribution in [0.5, 0.6) is 0 Å². The summed E-state index contributed by atoms with van der Waals surface area (Å²) in [5, 5.41) is 13.9. The molecule has 0 aliphatic carbocycles. The SMILES string of the molecule is N#CCNC(=O)N1CCNCC1. The molecule has 5 nitrogen and oxygen atoms in total. The van der Waals surface area contributed by atoms with Crippen LogP contribution in [0.15, 0.2) is 0 Å². The van der Waals surface area contributed by atoms with Crippen molar-refractivity contribution in [3.05, 3.63) is 0 Å². The van der Waals surface area contributed by atoms with E-state index in [1.54, 1.807) is 4.90 Å². The molecule has 5 heteroatoms. The van der Waals surface area contributed by atoms with Crippen LogP contribution in [0.1, 0.15) is 0 Å². The van der Waals surface area contributed by atoms with Gasteiger partial charge in [-0.2, -0.15) is 5.26 Å². The zero-order valence-corrected chi connectivity index (χ0v) is 6.84. The Labute approximate surface area is 71.3 Å². The second-order valence-electron chi connectivity index (χ2n) is 2.55. The summed E-state index contributed by atoms with van der Waals surface area (Å²) in [6.45, 7) is 3.19. The quantitative estimate of drug-likeness (QED) is 0.500. The van der Waals surface area contributed by atoms with Gasteiger partial charge < -0.3 is 15.5 Å². The highest BCUT2D eigenvalue weighted by Crippen LogP contribution is 1.91. The van der Waals surface area contributed by atoms with Crippen LogP contribution in [-0.4, -0.2) is 43.7 Å². The van der Waals surface area contributed by atoms with E-state index in [0.29, 0.717) is 0 Å². The fourth-order valence-electron chi connectivity index (χ4n) is 1.09. The van der Waals surface area contributed by atoms with Gasteiger partial charge in [-0.3, -0.25) is 0 Å². The minimum Gasteiger partial charge on any atom is -0.325 e. The van der Waals surface area contributed by atoms with Crippen molar-refractivity contribution in [3.8, 4) is 6.07 Å². The molecule has 0 aromatic rings. The van der Waals surface area contributed by atoms with Crippen molar-refractivity contribution >= 4 is 6.03 Å². The van der Waals surface area contributed by atoms with E-state index in [1.165, 1.54) is 0 Å². The van der Waals surface area contributed by atoms with E-state index in [4.69, 9.17) is 5.26 Å². The number of rotatable bonds is 1. The minimum atomic E-state index is -0.141. The maximum absolute atomic E-state index is 11.2. The summed E-state index contributed by atoms with van der Waals surface area (Å²) in [7, 11) is 0. The lowest BCUT2D eigenvalue weighted by Gasteiger charge is -2.26. The molecule has 0 aromatic heterocycles. The highest BCUT2D eigenvalue weighted by Gasteiger charge is 2.14. The summed E-state index contributed by atoms with van der Waals surface area (Å²) in [5.74, 6) is 0. The molecule has 1 fully saturated rings. The molecule has 1 heterocycles. The van der Waals surface area contributed by atoms with Crippen molar-refractivity contribution in [2.45, 2.75) is 0 Å². The lowest BCUT2D eigenvalue weighted by molar-refractivity contribution is 0.191. The van der Waals surface area contributed by atoms with Gasteiger partial charge in [0.05, 0.1) is 6.07 Å². The Kier molecular flexibility index (Phi) is 3.35. The molecule has 1 rings (SSSR count). The standard InChI is InChI=1S/C7H12N4O/c8-1-2-10-7(12)11-5-3-9-4-6-11/h9H,2-6H2,(H,10,12). The molecular formula is C7H12N4O. The van der Waals surface area contributed by atoms with Crippen molar-refractivity contribution in [1.82, 2.24) is 15.5 Å². The number of nitriles is 1. The molecule has 12 heavy (non-hydrogen) atoms. The number of hydrogen-bond acceptors (Lipinski definition) is 3. The van der Waals surface area contributed by atoms with Gasteiger partial charge >= 0.3 is 6.03 Å². The molecule has 1 aliphatic heterocycles. The second-order valence-corrected chi connectivity index (χ2v) is 2.55.